The largest absolute Gasteiger partial charge is 0.388 e. The number of hydrogen-bond acceptors (Lipinski definition) is 1. The summed E-state index contributed by atoms with van der Waals surface area (Å²) in [6, 6.07) is 16.8. The maximum absolute atomic E-state index is 3.22. The Hall–Kier alpha value is -1.76. The molecule has 0 aliphatic heterocycles. The van der Waals surface area contributed by atoms with E-state index in [0.717, 1.165) is 0 Å². The van der Waals surface area contributed by atoms with Crippen LogP contribution in [0.15, 0.2) is 48.5 Å². The summed E-state index contributed by atoms with van der Waals surface area (Å²) in [6.45, 7) is 6.14. The minimum Gasteiger partial charge on any atom is -0.388 e. The Balaban J connectivity index is 0.000000686. The van der Waals surface area contributed by atoms with Gasteiger partial charge in [-0.2, -0.15) is 0 Å². The van der Waals surface area contributed by atoms with Gasteiger partial charge >= 0.3 is 0 Å². The van der Waals surface area contributed by atoms with E-state index < -0.39 is 0 Å². The Labute approximate surface area is 105 Å². The van der Waals surface area contributed by atoms with Gasteiger partial charge in [0.05, 0.1) is 0 Å². The van der Waals surface area contributed by atoms with Crippen LogP contribution in [0, 0.1) is 6.92 Å². The average molecular weight is 227 g/mol. The number of aryl methyl sites for hydroxylation is 1. The predicted molar refractivity (Wildman–Crippen MR) is 77.5 cm³/mol. The van der Waals surface area contributed by atoms with Crippen LogP contribution >= 0.6 is 0 Å². The second-order valence-corrected chi connectivity index (χ2v) is 3.61. The van der Waals surface area contributed by atoms with Crippen LogP contribution in [0.5, 0.6) is 0 Å². The Morgan fingerprint density at radius 2 is 1.29 bits per heavy atom. The Bertz CT molecular complexity index is 461. The molecule has 0 aliphatic carbocycles. The van der Waals surface area contributed by atoms with E-state index in [1.807, 2.05) is 27.0 Å². The first-order chi connectivity index (χ1) is 8.33. The molecule has 2 rings (SSSR count). The Kier molecular flexibility index (Phi) is 5.28. The maximum atomic E-state index is 3.22. The first kappa shape index (κ1) is 13.3. The molecule has 90 valence electrons. The lowest BCUT2D eigenvalue weighted by atomic mass is 9.99. The SMILES string of the molecule is CC.CNc1ccccc1-c1ccccc1C. The Morgan fingerprint density at radius 3 is 1.88 bits per heavy atom. The van der Waals surface area contributed by atoms with Crippen molar-refractivity contribution in [1.82, 2.24) is 0 Å². The molecule has 0 amide bonds. The first-order valence-electron chi connectivity index (χ1n) is 6.15. The van der Waals surface area contributed by atoms with Crippen LogP contribution in [0.1, 0.15) is 19.4 Å². The molecule has 2 aromatic carbocycles. The lowest BCUT2D eigenvalue weighted by Gasteiger charge is -2.11. The van der Waals surface area contributed by atoms with Gasteiger partial charge < -0.3 is 5.32 Å². The van der Waals surface area contributed by atoms with E-state index in [4.69, 9.17) is 0 Å². The quantitative estimate of drug-likeness (QED) is 0.782. The minimum atomic E-state index is 1.17. The fourth-order valence-electron chi connectivity index (χ4n) is 1.81. The molecule has 0 fully saturated rings. The van der Waals surface area contributed by atoms with Crippen molar-refractivity contribution >= 4 is 5.69 Å². The van der Waals surface area contributed by atoms with Crippen molar-refractivity contribution in [2.75, 3.05) is 12.4 Å². The summed E-state index contributed by atoms with van der Waals surface area (Å²) < 4.78 is 0. The van der Waals surface area contributed by atoms with E-state index in [2.05, 4.69) is 54.7 Å². The lowest BCUT2D eigenvalue weighted by molar-refractivity contribution is 1.44. The average Bonchev–Trinajstić information content (AvgIpc) is 2.41. The summed E-state index contributed by atoms with van der Waals surface area (Å²) in [5.74, 6) is 0. The van der Waals surface area contributed by atoms with Gasteiger partial charge in [-0.05, 0) is 24.1 Å². The van der Waals surface area contributed by atoms with Crippen molar-refractivity contribution in [3.05, 3.63) is 54.1 Å². The standard InChI is InChI=1S/C14H15N.C2H6/c1-11-7-3-4-8-12(11)13-9-5-6-10-14(13)15-2;1-2/h3-10,15H,1-2H3;1-2H3. The van der Waals surface area contributed by atoms with Gasteiger partial charge in [-0.25, -0.2) is 0 Å². The van der Waals surface area contributed by atoms with E-state index in [9.17, 15) is 0 Å². The molecule has 0 aromatic heterocycles. The van der Waals surface area contributed by atoms with Gasteiger partial charge in [0.15, 0.2) is 0 Å². The monoisotopic (exact) mass is 227 g/mol. The second-order valence-electron chi connectivity index (χ2n) is 3.61. The van der Waals surface area contributed by atoms with Crippen LogP contribution in [-0.2, 0) is 0 Å². The van der Waals surface area contributed by atoms with Gasteiger partial charge in [-0.15, -0.1) is 0 Å². The molecule has 0 aliphatic rings. The highest BCUT2D eigenvalue weighted by molar-refractivity contribution is 5.79. The highest BCUT2D eigenvalue weighted by atomic mass is 14.8. The minimum absolute atomic E-state index is 1.17. The molecule has 0 saturated heterocycles. The van der Waals surface area contributed by atoms with Crippen LogP contribution in [0.2, 0.25) is 0 Å². The molecule has 2 aromatic rings. The molecule has 1 N–H and O–H groups in total. The number of hydrogen-bond donors (Lipinski definition) is 1. The van der Waals surface area contributed by atoms with E-state index in [1.54, 1.807) is 0 Å². The zero-order chi connectivity index (χ0) is 12.7. The van der Waals surface area contributed by atoms with Gasteiger partial charge in [0.1, 0.15) is 0 Å². The maximum Gasteiger partial charge on any atom is 0.0417 e. The summed E-state index contributed by atoms with van der Waals surface area (Å²) >= 11 is 0. The van der Waals surface area contributed by atoms with Crippen LogP contribution in [0.25, 0.3) is 11.1 Å². The summed E-state index contributed by atoms with van der Waals surface area (Å²) in [5, 5.41) is 3.22. The molecule has 0 radical (unpaired) electrons. The number of nitrogens with one attached hydrogen (secondary N) is 1. The third-order valence-electron chi connectivity index (χ3n) is 2.63. The van der Waals surface area contributed by atoms with Gasteiger partial charge in [-0.3, -0.25) is 0 Å². The summed E-state index contributed by atoms with van der Waals surface area (Å²) in [7, 11) is 1.96. The molecule has 17 heavy (non-hydrogen) atoms. The van der Waals surface area contributed by atoms with Crippen molar-refractivity contribution in [2.45, 2.75) is 20.8 Å². The number of benzene rings is 2. The third-order valence-corrected chi connectivity index (χ3v) is 2.63. The molecule has 1 heteroatoms. The van der Waals surface area contributed by atoms with Crippen molar-refractivity contribution < 1.29 is 0 Å². The number of anilines is 1. The topological polar surface area (TPSA) is 12.0 Å². The van der Waals surface area contributed by atoms with Gasteiger partial charge in [-0.1, -0.05) is 56.3 Å². The first-order valence-corrected chi connectivity index (χ1v) is 6.15. The molecule has 0 atom stereocenters. The van der Waals surface area contributed by atoms with Gasteiger partial charge in [0.25, 0.3) is 0 Å². The van der Waals surface area contributed by atoms with Gasteiger partial charge in [0, 0.05) is 18.3 Å². The number of rotatable bonds is 2. The molecule has 1 nitrogen and oxygen atoms in total. The van der Waals surface area contributed by atoms with Crippen molar-refractivity contribution in [2.24, 2.45) is 0 Å². The zero-order valence-electron chi connectivity index (χ0n) is 11.1. The Morgan fingerprint density at radius 1 is 0.765 bits per heavy atom. The second kappa shape index (κ2) is 6.74. The van der Waals surface area contributed by atoms with Crippen molar-refractivity contribution in [1.29, 1.82) is 0 Å². The van der Waals surface area contributed by atoms with E-state index in [0.29, 0.717) is 0 Å². The van der Waals surface area contributed by atoms with Crippen LogP contribution in [0.4, 0.5) is 5.69 Å². The van der Waals surface area contributed by atoms with E-state index >= 15 is 0 Å². The summed E-state index contributed by atoms with van der Waals surface area (Å²) in [5.41, 5.74) is 5.03. The van der Waals surface area contributed by atoms with Crippen LogP contribution in [-0.4, -0.2) is 7.05 Å². The molecule has 0 bridgehead atoms. The smallest absolute Gasteiger partial charge is 0.0417 e. The molecular formula is C16H21N. The molecule has 0 heterocycles. The van der Waals surface area contributed by atoms with Crippen LogP contribution < -0.4 is 5.32 Å². The summed E-state index contributed by atoms with van der Waals surface area (Å²) in [6.07, 6.45) is 0. The lowest BCUT2D eigenvalue weighted by Crippen LogP contribution is -1.92. The fourth-order valence-corrected chi connectivity index (χ4v) is 1.81. The van der Waals surface area contributed by atoms with Crippen molar-refractivity contribution in [3.8, 4) is 11.1 Å². The normalized spacial score (nSPS) is 9.18. The highest BCUT2D eigenvalue weighted by Gasteiger charge is 2.04. The zero-order valence-corrected chi connectivity index (χ0v) is 11.1. The summed E-state index contributed by atoms with van der Waals surface area (Å²) in [4.78, 5) is 0. The highest BCUT2D eigenvalue weighted by Crippen LogP contribution is 2.29. The van der Waals surface area contributed by atoms with E-state index in [-0.39, 0.29) is 0 Å². The molecule has 0 spiro atoms. The predicted octanol–water partition coefficient (Wildman–Crippen LogP) is 4.73. The molecule has 0 saturated carbocycles. The van der Waals surface area contributed by atoms with Crippen LogP contribution in [0.3, 0.4) is 0 Å². The third kappa shape index (κ3) is 3.10. The molecule has 0 unspecified atom stereocenters. The fraction of sp³-hybridized carbons (Fsp3) is 0.250. The molecular weight excluding hydrogens is 206 g/mol. The van der Waals surface area contributed by atoms with Gasteiger partial charge in [0.2, 0.25) is 0 Å². The van der Waals surface area contributed by atoms with E-state index in [1.165, 1.54) is 22.4 Å². The van der Waals surface area contributed by atoms with Crippen molar-refractivity contribution in [3.63, 3.8) is 0 Å². The number of para-hydroxylation sites is 1.